The number of amides is 1. The van der Waals surface area contributed by atoms with Crippen LogP contribution in [0.5, 0.6) is 0 Å². The first-order valence-electron chi connectivity index (χ1n) is 9.06. The molecular formula is C20H19F3N2O4S. The summed E-state index contributed by atoms with van der Waals surface area (Å²) in [5.41, 5.74) is 1.12. The Hall–Kier alpha value is -2.88. The average molecular weight is 440 g/mol. The molecule has 0 aromatic heterocycles. The summed E-state index contributed by atoms with van der Waals surface area (Å²) < 4.78 is 64.0. The maximum absolute atomic E-state index is 13.1. The summed E-state index contributed by atoms with van der Waals surface area (Å²) in [6.07, 6.45) is -4.51. The Kier molecular flexibility index (Phi) is 5.89. The number of aryl methyl sites for hydroxylation is 1. The monoisotopic (exact) mass is 440 g/mol. The van der Waals surface area contributed by atoms with Gasteiger partial charge in [-0.25, -0.2) is 8.42 Å². The molecule has 0 N–H and O–H groups in total. The number of benzene rings is 2. The van der Waals surface area contributed by atoms with Gasteiger partial charge < -0.3 is 9.80 Å². The first-order chi connectivity index (χ1) is 14.1. The highest BCUT2D eigenvalue weighted by molar-refractivity contribution is 7.91. The van der Waals surface area contributed by atoms with E-state index in [1.807, 2.05) is 6.92 Å². The number of piperazine rings is 1. The first-order valence-corrected chi connectivity index (χ1v) is 10.5. The number of carbonyl (C=O) groups is 2. The number of carbonyl (C=O) groups excluding carboxylic acids is 2. The number of anilines is 1. The van der Waals surface area contributed by atoms with Gasteiger partial charge in [-0.15, -0.1) is 0 Å². The molecule has 0 unspecified atom stereocenters. The van der Waals surface area contributed by atoms with Crippen LogP contribution in [0.4, 0.5) is 18.9 Å². The minimum atomic E-state index is -4.95. The topological polar surface area (TPSA) is 74.8 Å². The summed E-state index contributed by atoms with van der Waals surface area (Å²) in [6.45, 7) is 1.52. The molecule has 0 saturated carbocycles. The molecule has 0 bridgehead atoms. The first kappa shape index (κ1) is 21.8. The van der Waals surface area contributed by atoms with Crippen molar-refractivity contribution >= 4 is 27.7 Å². The van der Waals surface area contributed by atoms with Crippen molar-refractivity contribution in [1.29, 1.82) is 0 Å². The van der Waals surface area contributed by atoms with E-state index in [0.29, 0.717) is 16.9 Å². The average Bonchev–Trinajstić information content (AvgIpc) is 2.72. The van der Waals surface area contributed by atoms with Crippen LogP contribution in [0.3, 0.4) is 0 Å². The van der Waals surface area contributed by atoms with Gasteiger partial charge in [0.2, 0.25) is 9.84 Å². The van der Waals surface area contributed by atoms with Crippen LogP contribution >= 0.6 is 0 Å². The fraction of sp³-hybridized carbons (Fsp3) is 0.300. The normalized spacial score (nSPS) is 15.2. The minimum Gasteiger partial charge on any atom is -0.367 e. The SMILES string of the molecule is Cc1ccc(S(=O)(=O)c2cccc(N3CCN(C(=O)C(F)(F)F)CC3)c2C=O)cc1. The van der Waals surface area contributed by atoms with Gasteiger partial charge in [0.15, 0.2) is 6.29 Å². The molecule has 160 valence electrons. The van der Waals surface area contributed by atoms with Gasteiger partial charge in [-0.1, -0.05) is 23.8 Å². The van der Waals surface area contributed by atoms with Gasteiger partial charge in [0.05, 0.1) is 15.4 Å². The lowest BCUT2D eigenvalue weighted by Gasteiger charge is -2.37. The van der Waals surface area contributed by atoms with Crippen molar-refractivity contribution in [2.24, 2.45) is 0 Å². The van der Waals surface area contributed by atoms with E-state index in [9.17, 15) is 31.2 Å². The van der Waals surface area contributed by atoms with Crippen LogP contribution in [0.15, 0.2) is 52.3 Å². The molecule has 0 atom stereocenters. The zero-order chi connectivity index (χ0) is 22.1. The zero-order valence-corrected chi connectivity index (χ0v) is 16.8. The smallest absolute Gasteiger partial charge is 0.367 e. The van der Waals surface area contributed by atoms with Crippen LogP contribution in [0.2, 0.25) is 0 Å². The fourth-order valence-corrected chi connectivity index (χ4v) is 4.78. The second-order valence-corrected chi connectivity index (χ2v) is 8.82. The molecule has 30 heavy (non-hydrogen) atoms. The second-order valence-electron chi connectivity index (χ2n) is 6.90. The highest BCUT2D eigenvalue weighted by Gasteiger charge is 2.43. The van der Waals surface area contributed by atoms with Crippen LogP contribution in [0.1, 0.15) is 15.9 Å². The van der Waals surface area contributed by atoms with Crippen LogP contribution in [0, 0.1) is 6.92 Å². The molecule has 1 aliphatic rings. The van der Waals surface area contributed by atoms with Crippen molar-refractivity contribution in [3.05, 3.63) is 53.6 Å². The highest BCUT2D eigenvalue weighted by atomic mass is 32.2. The highest BCUT2D eigenvalue weighted by Crippen LogP contribution is 2.31. The number of hydrogen-bond acceptors (Lipinski definition) is 5. The summed E-state index contributed by atoms with van der Waals surface area (Å²) in [6, 6.07) is 10.5. The minimum absolute atomic E-state index is 0.0361. The molecule has 3 rings (SSSR count). The van der Waals surface area contributed by atoms with Crippen molar-refractivity contribution in [1.82, 2.24) is 4.90 Å². The lowest BCUT2D eigenvalue weighted by molar-refractivity contribution is -0.185. The summed E-state index contributed by atoms with van der Waals surface area (Å²) in [4.78, 5) is 25.4. The van der Waals surface area contributed by atoms with E-state index < -0.39 is 21.9 Å². The van der Waals surface area contributed by atoms with Crippen LogP contribution in [-0.2, 0) is 14.6 Å². The number of rotatable bonds is 4. The summed E-state index contributed by atoms with van der Waals surface area (Å²) in [5.74, 6) is -1.91. The predicted octanol–water partition coefficient (Wildman–Crippen LogP) is 2.85. The number of halogens is 3. The van der Waals surface area contributed by atoms with E-state index in [1.165, 1.54) is 24.3 Å². The quantitative estimate of drug-likeness (QED) is 0.684. The Balaban J connectivity index is 1.91. The number of alkyl halides is 3. The van der Waals surface area contributed by atoms with Gasteiger partial charge in [0, 0.05) is 31.9 Å². The Morgan fingerprint density at radius 3 is 2.13 bits per heavy atom. The maximum atomic E-state index is 13.1. The molecule has 2 aromatic rings. The van der Waals surface area contributed by atoms with Crippen molar-refractivity contribution < 1.29 is 31.2 Å². The molecule has 6 nitrogen and oxygen atoms in total. The Bertz CT molecular complexity index is 1060. The van der Waals surface area contributed by atoms with E-state index >= 15 is 0 Å². The van der Waals surface area contributed by atoms with Gasteiger partial charge in [-0.3, -0.25) is 9.59 Å². The van der Waals surface area contributed by atoms with E-state index in [2.05, 4.69) is 0 Å². The van der Waals surface area contributed by atoms with Gasteiger partial charge in [0.1, 0.15) is 0 Å². The third-order valence-corrected chi connectivity index (χ3v) is 6.76. The Morgan fingerprint density at radius 2 is 1.60 bits per heavy atom. The summed E-state index contributed by atoms with van der Waals surface area (Å²) in [7, 11) is -3.97. The number of sulfone groups is 1. The standard InChI is InChI=1S/C20H19F3N2O4S/c1-14-5-7-15(8-6-14)30(28,29)18-4-2-3-17(16(18)13-26)24-9-11-25(12-10-24)19(27)20(21,22)23/h2-8,13H,9-12H2,1H3. The molecule has 1 saturated heterocycles. The molecule has 0 spiro atoms. The lowest BCUT2D eigenvalue weighted by atomic mass is 10.1. The molecule has 1 aliphatic heterocycles. The van der Waals surface area contributed by atoms with Crippen molar-refractivity contribution in [2.45, 2.75) is 22.9 Å². The van der Waals surface area contributed by atoms with Crippen LogP contribution in [-0.4, -0.2) is 57.9 Å². The fourth-order valence-electron chi connectivity index (χ4n) is 3.34. The summed E-state index contributed by atoms with van der Waals surface area (Å²) >= 11 is 0. The van der Waals surface area contributed by atoms with Gasteiger partial charge in [0.25, 0.3) is 0 Å². The third kappa shape index (κ3) is 4.18. The number of aldehydes is 1. The van der Waals surface area contributed by atoms with E-state index in [-0.39, 0.29) is 41.5 Å². The molecular weight excluding hydrogens is 421 g/mol. The van der Waals surface area contributed by atoms with E-state index in [4.69, 9.17) is 0 Å². The van der Waals surface area contributed by atoms with E-state index in [1.54, 1.807) is 23.1 Å². The summed E-state index contributed by atoms with van der Waals surface area (Å²) in [5, 5.41) is 0. The third-order valence-electron chi connectivity index (χ3n) is 4.93. The van der Waals surface area contributed by atoms with Gasteiger partial charge in [-0.05, 0) is 31.2 Å². The molecule has 1 heterocycles. The Labute approximate surface area is 171 Å². The molecule has 0 aliphatic carbocycles. The zero-order valence-electron chi connectivity index (χ0n) is 16.0. The van der Waals surface area contributed by atoms with E-state index in [0.717, 1.165) is 5.56 Å². The van der Waals surface area contributed by atoms with Crippen LogP contribution in [0.25, 0.3) is 0 Å². The number of nitrogens with zero attached hydrogens (tertiary/aromatic N) is 2. The lowest BCUT2D eigenvalue weighted by Crippen LogP contribution is -2.52. The predicted molar refractivity (Wildman–Crippen MR) is 103 cm³/mol. The van der Waals surface area contributed by atoms with Crippen molar-refractivity contribution in [2.75, 3.05) is 31.1 Å². The maximum Gasteiger partial charge on any atom is 0.471 e. The molecule has 0 radical (unpaired) electrons. The second kappa shape index (κ2) is 8.10. The molecule has 2 aromatic carbocycles. The van der Waals surface area contributed by atoms with Gasteiger partial charge in [-0.2, -0.15) is 13.2 Å². The molecule has 10 heteroatoms. The largest absolute Gasteiger partial charge is 0.471 e. The van der Waals surface area contributed by atoms with Gasteiger partial charge >= 0.3 is 12.1 Å². The van der Waals surface area contributed by atoms with Crippen molar-refractivity contribution in [3.63, 3.8) is 0 Å². The molecule has 1 amide bonds. The molecule has 1 fully saturated rings. The number of hydrogen-bond donors (Lipinski definition) is 0. The van der Waals surface area contributed by atoms with Crippen molar-refractivity contribution in [3.8, 4) is 0 Å². The van der Waals surface area contributed by atoms with Crippen LogP contribution < -0.4 is 4.90 Å². The Morgan fingerprint density at radius 1 is 1.00 bits per heavy atom.